The highest BCUT2D eigenvalue weighted by Crippen LogP contribution is 2.56. The number of rotatable bonds is 2. The molecule has 8 aromatic carbocycles. The first-order valence-corrected chi connectivity index (χ1v) is 16.1. The molecule has 0 unspecified atom stereocenters. The number of furan rings is 1. The summed E-state index contributed by atoms with van der Waals surface area (Å²) in [7, 11) is 0. The quantitative estimate of drug-likeness (QED) is 0.196. The van der Waals surface area contributed by atoms with Crippen LogP contribution in [0.4, 0.5) is 0 Å². The van der Waals surface area contributed by atoms with Gasteiger partial charge >= 0.3 is 0 Å². The van der Waals surface area contributed by atoms with E-state index in [4.69, 9.17) is 4.42 Å². The number of hydrogen-bond acceptors (Lipinski definition) is 1. The molecule has 0 aliphatic heterocycles. The van der Waals surface area contributed by atoms with E-state index in [1.54, 1.807) is 0 Å². The third-order valence-electron chi connectivity index (χ3n) is 10.4. The van der Waals surface area contributed by atoms with Crippen molar-refractivity contribution < 1.29 is 4.42 Å². The predicted octanol–water partition coefficient (Wildman–Crippen LogP) is 12.7. The van der Waals surface area contributed by atoms with E-state index >= 15 is 0 Å². The lowest BCUT2D eigenvalue weighted by Gasteiger charge is -2.23. The molecule has 9 aromatic rings. The van der Waals surface area contributed by atoms with Crippen molar-refractivity contribution in [2.45, 2.75) is 19.3 Å². The van der Waals surface area contributed by atoms with Gasteiger partial charge in [-0.3, -0.25) is 0 Å². The number of hydrogen-bond donors (Lipinski definition) is 0. The van der Waals surface area contributed by atoms with Crippen molar-refractivity contribution in [1.82, 2.24) is 0 Å². The third kappa shape index (κ3) is 3.40. The van der Waals surface area contributed by atoms with Crippen LogP contribution in [0.15, 0.2) is 150 Å². The third-order valence-corrected chi connectivity index (χ3v) is 10.4. The van der Waals surface area contributed by atoms with Crippen molar-refractivity contribution in [3.63, 3.8) is 0 Å². The number of benzene rings is 8. The average Bonchev–Trinajstić information content (AvgIpc) is 3.59. The normalized spacial score (nSPS) is 13.6. The minimum absolute atomic E-state index is 0.174. The molecule has 1 aromatic heterocycles. The minimum Gasteiger partial charge on any atom is -0.455 e. The molecule has 1 heteroatoms. The summed E-state index contributed by atoms with van der Waals surface area (Å²) in [5.41, 5.74) is 12.2. The van der Waals surface area contributed by atoms with Crippen LogP contribution in [-0.2, 0) is 5.41 Å². The van der Waals surface area contributed by atoms with Gasteiger partial charge in [-0.15, -0.1) is 0 Å². The molecule has 0 atom stereocenters. The summed E-state index contributed by atoms with van der Waals surface area (Å²) < 4.78 is 6.56. The van der Waals surface area contributed by atoms with Crippen molar-refractivity contribution in [3.8, 4) is 33.4 Å². The van der Waals surface area contributed by atoms with Crippen LogP contribution < -0.4 is 0 Å². The van der Waals surface area contributed by atoms with Gasteiger partial charge in [-0.05, 0) is 95.7 Å². The fourth-order valence-corrected chi connectivity index (χ4v) is 8.23. The highest BCUT2D eigenvalue weighted by Gasteiger charge is 2.38. The molecule has 0 bridgehead atoms. The Morgan fingerprint density at radius 3 is 1.96 bits per heavy atom. The zero-order chi connectivity index (χ0) is 30.6. The Kier molecular flexibility index (Phi) is 5.12. The Balaban J connectivity index is 1.25. The maximum absolute atomic E-state index is 6.56. The van der Waals surface area contributed by atoms with Crippen LogP contribution in [0.1, 0.15) is 25.0 Å². The lowest BCUT2D eigenvalue weighted by atomic mass is 9.79. The van der Waals surface area contributed by atoms with Gasteiger partial charge in [-0.2, -0.15) is 0 Å². The second kappa shape index (κ2) is 9.19. The highest BCUT2D eigenvalue weighted by molar-refractivity contribution is 6.19. The smallest absolute Gasteiger partial charge is 0.143 e. The van der Waals surface area contributed by atoms with E-state index in [9.17, 15) is 0 Å². The van der Waals surface area contributed by atoms with Gasteiger partial charge in [0.05, 0.1) is 0 Å². The topological polar surface area (TPSA) is 13.1 Å². The van der Waals surface area contributed by atoms with E-state index < -0.39 is 0 Å². The minimum atomic E-state index is -0.174. The van der Waals surface area contributed by atoms with Crippen LogP contribution in [0.25, 0.3) is 87.6 Å². The van der Waals surface area contributed by atoms with Crippen molar-refractivity contribution in [1.29, 1.82) is 0 Å². The molecule has 1 aliphatic rings. The fourth-order valence-electron chi connectivity index (χ4n) is 8.23. The van der Waals surface area contributed by atoms with E-state index in [1.165, 1.54) is 76.8 Å². The highest BCUT2D eigenvalue weighted by atomic mass is 16.3. The van der Waals surface area contributed by atoms with Crippen molar-refractivity contribution in [2.75, 3.05) is 0 Å². The molecule has 10 rings (SSSR count). The van der Waals surface area contributed by atoms with Crippen molar-refractivity contribution >= 4 is 54.3 Å². The predicted molar refractivity (Wildman–Crippen MR) is 195 cm³/mol. The van der Waals surface area contributed by atoms with E-state index in [0.717, 1.165) is 21.9 Å². The molecule has 216 valence electrons. The maximum atomic E-state index is 6.56. The van der Waals surface area contributed by atoms with Crippen LogP contribution in [-0.4, -0.2) is 0 Å². The van der Waals surface area contributed by atoms with Gasteiger partial charge in [0, 0.05) is 21.6 Å². The van der Waals surface area contributed by atoms with Gasteiger partial charge in [0.2, 0.25) is 0 Å². The standard InChI is InChI=1S/C45H30O/c1-45(2)38-25-30(32-18-10-20-40-41(32)37-24-21-28-12-4-8-17-34(28)44(37)46-40)22-23-36(38)43-39(45)26-29-13-5-7-16-33(29)42(43)35-19-9-14-27-11-3-6-15-31(27)35/h3-26H,1-2H3. The zero-order valence-corrected chi connectivity index (χ0v) is 25.8. The van der Waals surface area contributed by atoms with Crippen molar-refractivity contribution in [3.05, 3.63) is 157 Å². The lowest BCUT2D eigenvalue weighted by molar-refractivity contribution is 0.661. The van der Waals surface area contributed by atoms with Crippen molar-refractivity contribution in [2.24, 2.45) is 0 Å². The van der Waals surface area contributed by atoms with Crippen LogP contribution >= 0.6 is 0 Å². The van der Waals surface area contributed by atoms with E-state index in [-0.39, 0.29) is 5.41 Å². The molecule has 0 amide bonds. The SMILES string of the molecule is CC1(C)c2cc(-c3cccc4oc5c6ccccc6ccc5c34)ccc2-c2c1cc1ccccc1c2-c1cccc2ccccc12. The molecule has 1 aliphatic carbocycles. The van der Waals surface area contributed by atoms with Gasteiger partial charge < -0.3 is 4.42 Å². The van der Waals surface area contributed by atoms with E-state index in [1.807, 2.05) is 0 Å². The van der Waals surface area contributed by atoms with Crippen LogP contribution in [0.3, 0.4) is 0 Å². The average molecular weight is 587 g/mol. The Morgan fingerprint density at radius 2 is 1.11 bits per heavy atom. The van der Waals surface area contributed by atoms with E-state index in [2.05, 4.69) is 159 Å². The summed E-state index contributed by atoms with van der Waals surface area (Å²) >= 11 is 0. The molecule has 0 radical (unpaired) electrons. The molecule has 0 spiro atoms. The Hall–Kier alpha value is -5.66. The molecular weight excluding hydrogens is 556 g/mol. The fraction of sp³-hybridized carbons (Fsp3) is 0.0667. The molecule has 1 heterocycles. The summed E-state index contributed by atoms with van der Waals surface area (Å²) in [4.78, 5) is 0. The Bertz CT molecular complexity index is 2720. The summed E-state index contributed by atoms with van der Waals surface area (Å²) in [5.74, 6) is 0. The molecule has 0 fully saturated rings. The van der Waals surface area contributed by atoms with Gasteiger partial charge in [-0.25, -0.2) is 0 Å². The molecule has 0 saturated carbocycles. The van der Waals surface area contributed by atoms with Gasteiger partial charge in [0.15, 0.2) is 0 Å². The second-order valence-electron chi connectivity index (χ2n) is 13.3. The van der Waals surface area contributed by atoms with Crippen LogP contribution in [0, 0.1) is 0 Å². The molecular formula is C45H30O. The van der Waals surface area contributed by atoms with Crippen LogP contribution in [0.5, 0.6) is 0 Å². The van der Waals surface area contributed by atoms with Gasteiger partial charge in [0.25, 0.3) is 0 Å². The molecule has 0 N–H and O–H groups in total. The first-order chi connectivity index (χ1) is 22.6. The van der Waals surface area contributed by atoms with E-state index in [0.29, 0.717) is 0 Å². The summed E-state index contributed by atoms with van der Waals surface area (Å²) in [5, 5.41) is 9.83. The Labute approximate surface area is 267 Å². The Morgan fingerprint density at radius 1 is 0.435 bits per heavy atom. The second-order valence-corrected chi connectivity index (χ2v) is 13.3. The summed E-state index contributed by atoms with van der Waals surface area (Å²) in [6.07, 6.45) is 0. The van der Waals surface area contributed by atoms with Gasteiger partial charge in [0.1, 0.15) is 11.2 Å². The maximum Gasteiger partial charge on any atom is 0.143 e. The largest absolute Gasteiger partial charge is 0.455 e. The van der Waals surface area contributed by atoms with Crippen LogP contribution in [0.2, 0.25) is 0 Å². The summed E-state index contributed by atoms with van der Waals surface area (Å²) in [6, 6.07) is 53.4. The molecule has 1 nitrogen and oxygen atoms in total. The summed E-state index contributed by atoms with van der Waals surface area (Å²) in [6.45, 7) is 4.78. The molecule has 0 saturated heterocycles. The van der Waals surface area contributed by atoms with Gasteiger partial charge in [-0.1, -0.05) is 135 Å². The number of fused-ring (bicyclic) bond motifs is 10. The first-order valence-electron chi connectivity index (χ1n) is 16.1. The monoisotopic (exact) mass is 586 g/mol. The lowest BCUT2D eigenvalue weighted by Crippen LogP contribution is -2.15. The first kappa shape index (κ1) is 25.6. The zero-order valence-electron chi connectivity index (χ0n) is 25.8. The molecule has 46 heavy (non-hydrogen) atoms.